The average molecular weight is 395 g/mol. The minimum Gasteiger partial charge on any atom is -0.442 e. The highest BCUT2D eigenvalue weighted by Crippen LogP contribution is 2.24. The molecule has 0 spiro atoms. The molecule has 29 heavy (non-hydrogen) atoms. The highest BCUT2D eigenvalue weighted by Gasteiger charge is 2.29. The molecule has 0 aromatic carbocycles. The smallest absolute Gasteiger partial charge is 0.265 e. The standard InChI is InChI=1S/C21H25N5O3/c1-14(2)12-26-13-23-19-18(21(26)28)17(15(3)29-19)20(27)25-10-8-24(9-11-25)16-6-4-5-7-22-16/h4-7,13-14H,8-12H2,1-3H3. The Morgan fingerprint density at radius 1 is 1.17 bits per heavy atom. The number of furan rings is 1. The van der Waals surface area contributed by atoms with Gasteiger partial charge in [0.25, 0.3) is 11.5 Å². The van der Waals surface area contributed by atoms with Crippen molar-refractivity contribution in [3.63, 3.8) is 0 Å². The molecular formula is C21H25N5O3. The summed E-state index contributed by atoms with van der Waals surface area (Å²) in [5, 5.41) is 0.280. The molecule has 8 heteroatoms. The van der Waals surface area contributed by atoms with Gasteiger partial charge in [-0.2, -0.15) is 0 Å². The van der Waals surface area contributed by atoms with Crippen LogP contribution in [0.5, 0.6) is 0 Å². The van der Waals surface area contributed by atoms with Gasteiger partial charge in [0.1, 0.15) is 23.3 Å². The first-order valence-corrected chi connectivity index (χ1v) is 9.89. The van der Waals surface area contributed by atoms with E-state index in [0.29, 0.717) is 50.0 Å². The number of anilines is 1. The van der Waals surface area contributed by atoms with Gasteiger partial charge in [-0.05, 0) is 25.0 Å². The highest BCUT2D eigenvalue weighted by atomic mass is 16.3. The van der Waals surface area contributed by atoms with E-state index in [1.54, 1.807) is 22.6 Å². The number of rotatable bonds is 4. The first-order valence-electron chi connectivity index (χ1n) is 9.89. The molecule has 4 rings (SSSR count). The third-order valence-electron chi connectivity index (χ3n) is 5.17. The van der Waals surface area contributed by atoms with Crippen LogP contribution in [0.25, 0.3) is 11.1 Å². The van der Waals surface area contributed by atoms with Gasteiger partial charge >= 0.3 is 0 Å². The minimum atomic E-state index is -0.226. The van der Waals surface area contributed by atoms with Crippen molar-refractivity contribution in [2.75, 3.05) is 31.1 Å². The van der Waals surface area contributed by atoms with Gasteiger partial charge in [-0.25, -0.2) is 9.97 Å². The number of nitrogens with zero attached hydrogens (tertiary/aromatic N) is 5. The van der Waals surface area contributed by atoms with Gasteiger partial charge in [0.05, 0.1) is 5.56 Å². The van der Waals surface area contributed by atoms with Gasteiger partial charge in [-0.1, -0.05) is 19.9 Å². The number of aromatic nitrogens is 3. The number of hydrogen-bond acceptors (Lipinski definition) is 6. The largest absolute Gasteiger partial charge is 0.442 e. The minimum absolute atomic E-state index is 0.178. The number of fused-ring (bicyclic) bond motifs is 1. The second-order valence-corrected chi connectivity index (χ2v) is 7.78. The van der Waals surface area contributed by atoms with Crippen LogP contribution < -0.4 is 10.5 Å². The molecule has 0 radical (unpaired) electrons. The Hall–Kier alpha value is -3.16. The van der Waals surface area contributed by atoms with Crippen molar-refractivity contribution in [2.45, 2.75) is 27.3 Å². The summed E-state index contributed by atoms with van der Waals surface area (Å²) in [6.07, 6.45) is 3.26. The summed E-state index contributed by atoms with van der Waals surface area (Å²) in [5.74, 6) is 1.45. The van der Waals surface area contributed by atoms with Crippen LogP contribution in [0.1, 0.15) is 30.0 Å². The number of aryl methyl sites for hydroxylation is 1. The molecule has 0 bridgehead atoms. The SMILES string of the molecule is Cc1oc2ncn(CC(C)C)c(=O)c2c1C(=O)N1CCN(c2ccccn2)CC1. The number of hydrogen-bond donors (Lipinski definition) is 0. The van der Waals surface area contributed by atoms with Crippen molar-refractivity contribution in [3.8, 4) is 0 Å². The number of pyridine rings is 1. The summed E-state index contributed by atoms with van der Waals surface area (Å²) < 4.78 is 7.20. The van der Waals surface area contributed by atoms with E-state index in [1.165, 1.54) is 6.33 Å². The fourth-order valence-electron chi connectivity index (χ4n) is 3.76. The van der Waals surface area contributed by atoms with Crippen molar-refractivity contribution >= 4 is 22.8 Å². The molecule has 1 aliphatic rings. The molecule has 0 aliphatic carbocycles. The van der Waals surface area contributed by atoms with E-state index < -0.39 is 0 Å². The maximum atomic E-state index is 13.3. The quantitative estimate of drug-likeness (QED) is 0.674. The van der Waals surface area contributed by atoms with E-state index in [-0.39, 0.29) is 22.6 Å². The number of carbonyl (C=O) groups excluding carboxylic acids is 1. The molecule has 0 unspecified atom stereocenters. The Bertz CT molecular complexity index is 1080. The highest BCUT2D eigenvalue weighted by molar-refractivity contribution is 6.06. The van der Waals surface area contributed by atoms with Crippen LogP contribution in [-0.4, -0.2) is 51.5 Å². The van der Waals surface area contributed by atoms with Gasteiger partial charge in [0, 0.05) is 38.9 Å². The third kappa shape index (κ3) is 3.62. The van der Waals surface area contributed by atoms with Crippen molar-refractivity contribution in [2.24, 2.45) is 5.92 Å². The molecule has 8 nitrogen and oxygen atoms in total. The van der Waals surface area contributed by atoms with E-state index >= 15 is 0 Å². The molecule has 152 valence electrons. The monoisotopic (exact) mass is 395 g/mol. The van der Waals surface area contributed by atoms with Gasteiger partial charge in [-0.3, -0.25) is 14.2 Å². The van der Waals surface area contributed by atoms with Gasteiger partial charge < -0.3 is 14.2 Å². The van der Waals surface area contributed by atoms with Crippen LogP contribution in [0.3, 0.4) is 0 Å². The van der Waals surface area contributed by atoms with E-state index in [2.05, 4.69) is 14.9 Å². The fourth-order valence-corrected chi connectivity index (χ4v) is 3.76. The zero-order chi connectivity index (χ0) is 20.5. The summed E-state index contributed by atoms with van der Waals surface area (Å²) in [5.41, 5.74) is 0.334. The Kier molecular flexibility index (Phi) is 5.08. The predicted octanol–water partition coefficient (Wildman–Crippen LogP) is 2.31. The molecule has 0 saturated carbocycles. The van der Waals surface area contributed by atoms with Crippen LogP contribution in [-0.2, 0) is 6.54 Å². The van der Waals surface area contributed by atoms with Crippen molar-refractivity contribution in [3.05, 3.63) is 52.4 Å². The first-order chi connectivity index (χ1) is 14.0. The topological polar surface area (TPSA) is 84.5 Å². The maximum Gasteiger partial charge on any atom is 0.265 e. The average Bonchev–Trinajstić information content (AvgIpc) is 3.07. The molecular weight excluding hydrogens is 370 g/mol. The maximum absolute atomic E-state index is 13.3. The van der Waals surface area contributed by atoms with Crippen molar-refractivity contribution in [1.29, 1.82) is 0 Å². The Labute approximate surface area is 168 Å². The van der Waals surface area contributed by atoms with Crippen LogP contribution in [0.4, 0.5) is 5.82 Å². The van der Waals surface area contributed by atoms with Crippen LogP contribution in [0.2, 0.25) is 0 Å². The summed E-state index contributed by atoms with van der Waals surface area (Å²) in [7, 11) is 0. The second-order valence-electron chi connectivity index (χ2n) is 7.78. The Morgan fingerprint density at radius 2 is 1.93 bits per heavy atom. The van der Waals surface area contributed by atoms with E-state index in [0.717, 1.165) is 5.82 Å². The summed E-state index contributed by atoms with van der Waals surface area (Å²) >= 11 is 0. The molecule has 1 fully saturated rings. The Balaban J connectivity index is 1.60. The summed E-state index contributed by atoms with van der Waals surface area (Å²) in [6, 6.07) is 5.81. The molecule has 1 amide bonds. The fraction of sp³-hybridized carbons (Fsp3) is 0.429. The lowest BCUT2D eigenvalue weighted by molar-refractivity contribution is 0.0746. The molecule has 1 aliphatic heterocycles. The van der Waals surface area contributed by atoms with Crippen LogP contribution in [0.15, 0.2) is 39.9 Å². The zero-order valence-corrected chi connectivity index (χ0v) is 17.0. The van der Waals surface area contributed by atoms with E-state index in [1.807, 2.05) is 32.0 Å². The van der Waals surface area contributed by atoms with E-state index in [4.69, 9.17) is 4.42 Å². The lowest BCUT2D eigenvalue weighted by atomic mass is 10.1. The zero-order valence-electron chi connectivity index (χ0n) is 17.0. The first kappa shape index (κ1) is 19.2. The third-order valence-corrected chi connectivity index (χ3v) is 5.17. The Morgan fingerprint density at radius 3 is 2.59 bits per heavy atom. The second kappa shape index (κ2) is 7.69. The predicted molar refractivity (Wildman–Crippen MR) is 110 cm³/mol. The van der Waals surface area contributed by atoms with Crippen molar-refractivity contribution in [1.82, 2.24) is 19.4 Å². The summed E-state index contributed by atoms with van der Waals surface area (Å²) in [6.45, 7) is 8.81. The van der Waals surface area contributed by atoms with Crippen LogP contribution >= 0.6 is 0 Å². The molecule has 0 N–H and O–H groups in total. The lowest BCUT2D eigenvalue weighted by Crippen LogP contribution is -2.49. The molecule has 0 atom stereocenters. The summed E-state index contributed by atoms with van der Waals surface area (Å²) in [4.78, 5) is 38.8. The number of piperazine rings is 1. The molecule has 3 aromatic heterocycles. The van der Waals surface area contributed by atoms with Crippen LogP contribution in [0, 0.1) is 12.8 Å². The van der Waals surface area contributed by atoms with E-state index in [9.17, 15) is 9.59 Å². The molecule has 4 heterocycles. The normalized spacial score (nSPS) is 14.8. The molecule has 1 saturated heterocycles. The van der Waals surface area contributed by atoms with Gasteiger partial charge in [0.2, 0.25) is 5.71 Å². The number of carbonyl (C=O) groups is 1. The van der Waals surface area contributed by atoms with Crippen molar-refractivity contribution < 1.29 is 9.21 Å². The van der Waals surface area contributed by atoms with Gasteiger partial charge in [0.15, 0.2) is 0 Å². The number of amides is 1. The molecule has 3 aromatic rings. The lowest BCUT2D eigenvalue weighted by Gasteiger charge is -2.35. The van der Waals surface area contributed by atoms with Gasteiger partial charge in [-0.15, -0.1) is 0 Å².